The first kappa shape index (κ1) is 25.9. The van der Waals surface area contributed by atoms with E-state index in [9.17, 15) is 27.2 Å². The molecule has 0 bridgehead atoms. The molecule has 2 aliphatic heterocycles. The van der Waals surface area contributed by atoms with Crippen LogP contribution >= 0.6 is 0 Å². The van der Waals surface area contributed by atoms with Crippen LogP contribution in [0.15, 0.2) is 36.7 Å². The van der Waals surface area contributed by atoms with Gasteiger partial charge in [0.1, 0.15) is 30.3 Å². The van der Waals surface area contributed by atoms with Crippen molar-refractivity contribution in [3.8, 4) is 5.75 Å². The molecule has 2 saturated heterocycles. The van der Waals surface area contributed by atoms with Gasteiger partial charge in [0.15, 0.2) is 0 Å². The second-order valence-corrected chi connectivity index (χ2v) is 8.68. The van der Waals surface area contributed by atoms with Crippen molar-refractivity contribution in [2.45, 2.75) is 24.7 Å². The number of ether oxygens (including phenoxy) is 3. The minimum Gasteiger partial charge on any atom is -0.490 e. The third-order valence-electron chi connectivity index (χ3n) is 6.01. The van der Waals surface area contributed by atoms with E-state index in [0.717, 1.165) is 10.9 Å². The lowest BCUT2D eigenvalue weighted by molar-refractivity contribution is -0.167. The Kier molecular flexibility index (Phi) is 7.79. The Morgan fingerprint density at radius 1 is 1.03 bits per heavy atom. The highest BCUT2D eigenvalue weighted by Gasteiger charge is 2.42. The van der Waals surface area contributed by atoms with E-state index in [1.165, 1.54) is 29.2 Å². The van der Waals surface area contributed by atoms with Gasteiger partial charge in [-0.25, -0.2) is 4.39 Å². The van der Waals surface area contributed by atoms with Crippen LogP contribution in [0.25, 0.3) is 0 Å². The first-order chi connectivity index (χ1) is 17.1. The number of hydrogen-bond donors (Lipinski definition) is 0. The molecule has 0 aliphatic carbocycles. The van der Waals surface area contributed by atoms with Gasteiger partial charge < -0.3 is 24.0 Å². The molecule has 2 fully saturated rings. The second kappa shape index (κ2) is 10.8. The maximum Gasteiger partial charge on any atom is 0.419 e. The minimum absolute atomic E-state index is 0.0174. The first-order valence-corrected chi connectivity index (χ1v) is 11.4. The van der Waals surface area contributed by atoms with Crippen molar-refractivity contribution in [3.05, 3.63) is 48.0 Å². The summed E-state index contributed by atoms with van der Waals surface area (Å²) in [5.74, 6) is -0.743. The smallest absolute Gasteiger partial charge is 0.419 e. The lowest BCUT2D eigenvalue weighted by Gasteiger charge is -2.43. The highest BCUT2D eigenvalue weighted by Crippen LogP contribution is 2.29. The van der Waals surface area contributed by atoms with Gasteiger partial charge >= 0.3 is 6.18 Å². The summed E-state index contributed by atoms with van der Waals surface area (Å²) in [6.07, 6.45) is -3.22. The van der Waals surface area contributed by atoms with Crippen LogP contribution in [0, 0.1) is 5.82 Å². The van der Waals surface area contributed by atoms with Crippen molar-refractivity contribution >= 4 is 11.8 Å². The highest BCUT2D eigenvalue weighted by atomic mass is 19.4. The topological polar surface area (TPSA) is 86.1 Å². The second-order valence-electron chi connectivity index (χ2n) is 8.68. The van der Waals surface area contributed by atoms with Gasteiger partial charge in [-0.3, -0.25) is 14.3 Å². The average Bonchev–Trinajstić information content (AvgIpc) is 3.34. The van der Waals surface area contributed by atoms with E-state index in [2.05, 4.69) is 5.10 Å². The predicted octanol–water partition coefficient (Wildman–Crippen LogP) is 1.97. The monoisotopic (exact) mass is 514 g/mol. The third kappa shape index (κ3) is 6.52. The van der Waals surface area contributed by atoms with Crippen molar-refractivity contribution in [1.82, 2.24) is 19.6 Å². The number of rotatable bonds is 7. The normalized spacial score (nSPS) is 20.9. The number of halogens is 4. The van der Waals surface area contributed by atoms with Crippen LogP contribution in [0.1, 0.15) is 12.0 Å². The van der Waals surface area contributed by atoms with Crippen LogP contribution in [0.4, 0.5) is 17.6 Å². The molecule has 1 aromatic carbocycles. The summed E-state index contributed by atoms with van der Waals surface area (Å²) in [6, 6.07) is 5.35. The first-order valence-electron chi connectivity index (χ1n) is 11.4. The van der Waals surface area contributed by atoms with Gasteiger partial charge in [-0.2, -0.15) is 18.3 Å². The number of hydrogen-bond acceptors (Lipinski definition) is 6. The van der Waals surface area contributed by atoms with E-state index >= 15 is 0 Å². The number of carbonyl (C=O) groups is 2. The number of benzene rings is 1. The van der Waals surface area contributed by atoms with Crippen LogP contribution in [-0.4, -0.2) is 89.6 Å². The molecule has 3 heterocycles. The molecule has 36 heavy (non-hydrogen) atoms. The van der Waals surface area contributed by atoms with Crippen LogP contribution in [0.2, 0.25) is 0 Å². The van der Waals surface area contributed by atoms with Crippen molar-refractivity contribution in [2.75, 3.05) is 52.6 Å². The van der Waals surface area contributed by atoms with E-state index in [4.69, 9.17) is 14.2 Å². The van der Waals surface area contributed by atoms with Crippen LogP contribution in [0.5, 0.6) is 5.75 Å². The Balaban J connectivity index is 1.47. The zero-order valence-electron chi connectivity index (χ0n) is 19.4. The zero-order chi connectivity index (χ0) is 25.8. The van der Waals surface area contributed by atoms with Crippen molar-refractivity contribution in [1.29, 1.82) is 0 Å². The summed E-state index contributed by atoms with van der Waals surface area (Å²) >= 11 is 0. The molecule has 0 radical (unpaired) electrons. The van der Waals surface area contributed by atoms with Gasteiger partial charge in [-0.1, -0.05) is 0 Å². The van der Waals surface area contributed by atoms with Gasteiger partial charge in [0.25, 0.3) is 0 Å². The average molecular weight is 514 g/mol. The quantitative estimate of drug-likeness (QED) is 0.526. The SMILES string of the molecule is O=C(CC1(COc2ccc(F)cc2)CN(C(=O)Cn2cc(C(F)(F)F)cn2)CCO1)N1CCOCC1. The molecular formula is C23H26F4N4O5. The summed E-state index contributed by atoms with van der Waals surface area (Å²) < 4.78 is 69.9. The maximum atomic E-state index is 13.3. The molecule has 0 spiro atoms. The molecule has 1 aromatic heterocycles. The van der Waals surface area contributed by atoms with Crippen LogP contribution in [0.3, 0.4) is 0 Å². The van der Waals surface area contributed by atoms with E-state index in [-0.39, 0.29) is 38.6 Å². The fourth-order valence-electron chi connectivity index (χ4n) is 4.08. The molecule has 1 unspecified atom stereocenters. The summed E-state index contributed by atoms with van der Waals surface area (Å²) in [6.45, 7) is 1.46. The van der Waals surface area contributed by atoms with Gasteiger partial charge in [-0.15, -0.1) is 0 Å². The summed E-state index contributed by atoms with van der Waals surface area (Å²) in [4.78, 5) is 29.1. The van der Waals surface area contributed by atoms with Crippen molar-refractivity contribution in [3.63, 3.8) is 0 Å². The molecule has 9 nitrogen and oxygen atoms in total. The third-order valence-corrected chi connectivity index (χ3v) is 6.01. The summed E-state index contributed by atoms with van der Waals surface area (Å²) in [7, 11) is 0. The zero-order valence-corrected chi connectivity index (χ0v) is 19.4. The molecule has 196 valence electrons. The van der Waals surface area contributed by atoms with E-state index < -0.39 is 35.6 Å². The Hall–Kier alpha value is -3.19. The Morgan fingerprint density at radius 2 is 1.72 bits per heavy atom. The summed E-state index contributed by atoms with van der Waals surface area (Å²) in [5.41, 5.74) is -2.16. The van der Waals surface area contributed by atoms with E-state index in [1.807, 2.05) is 0 Å². The number of morpholine rings is 2. The van der Waals surface area contributed by atoms with E-state index in [0.29, 0.717) is 38.2 Å². The van der Waals surface area contributed by atoms with Gasteiger partial charge in [0.05, 0.1) is 44.5 Å². The van der Waals surface area contributed by atoms with Crippen molar-refractivity contribution < 1.29 is 41.4 Å². The molecule has 0 N–H and O–H groups in total. The molecule has 4 rings (SSSR count). The number of aromatic nitrogens is 2. The molecule has 13 heteroatoms. The standard InChI is InChI=1S/C23H26F4N4O5/c24-18-1-3-19(4-2-18)35-16-22(11-20(32)29-5-8-34-9-6-29)15-30(7-10-36-22)21(33)14-31-13-17(12-28-31)23(25,26)27/h1-4,12-13H,5-11,14-16H2. The van der Waals surface area contributed by atoms with Gasteiger partial charge in [-0.05, 0) is 24.3 Å². The Bertz CT molecular complexity index is 1060. The van der Waals surface area contributed by atoms with E-state index in [1.54, 1.807) is 4.90 Å². The van der Waals surface area contributed by atoms with Gasteiger partial charge in [0, 0.05) is 25.8 Å². The predicted molar refractivity (Wildman–Crippen MR) is 116 cm³/mol. The largest absolute Gasteiger partial charge is 0.490 e. The molecule has 2 amide bonds. The van der Waals surface area contributed by atoms with Crippen molar-refractivity contribution in [2.24, 2.45) is 0 Å². The maximum absolute atomic E-state index is 13.3. The minimum atomic E-state index is -4.56. The lowest BCUT2D eigenvalue weighted by Crippen LogP contribution is -2.59. The summed E-state index contributed by atoms with van der Waals surface area (Å²) in [5, 5.41) is 3.64. The number of amides is 2. The van der Waals surface area contributed by atoms with Gasteiger partial charge in [0.2, 0.25) is 11.8 Å². The number of nitrogens with zero attached hydrogens (tertiary/aromatic N) is 4. The Labute approximate surface area is 204 Å². The Morgan fingerprint density at radius 3 is 2.39 bits per heavy atom. The molecule has 2 aromatic rings. The van der Waals surface area contributed by atoms with Crippen LogP contribution in [-0.2, 0) is 31.8 Å². The number of carbonyl (C=O) groups excluding carboxylic acids is 2. The molecule has 0 saturated carbocycles. The fourth-order valence-corrected chi connectivity index (χ4v) is 4.08. The molecular weight excluding hydrogens is 488 g/mol. The highest BCUT2D eigenvalue weighted by molar-refractivity contribution is 5.78. The molecule has 2 aliphatic rings. The fraction of sp³-hybridized carbons (Fsp3) is 0.522. The van der Waals surface area contributed by atoms with Crippen LogP contribution < -0.4 is 4.74 Å². The number of alkyl halides is 3. The lowest BCUT2D eigenvalue weighted by atomic mass is 9.96. The molecule has 1 atom stereocenters.